The SMILES string of the molecule is CC(O)CCCC(O)CCCCCc1ccccc1C(=O)O. The van der Waals surface area contributed by atoms with Gasteiger partial charge in [0.25, 0.3) is 0 Å². The zero-order valence-corrected chi connectivity index (χ0v) is 13.4. The van der Waals surface area contributed by atoms with Crippen molar-refractivity contribution in [1.29, 1.82) is 0 Å². The Morgan fingerprint density at radius 3 is 2.36 bits per heavy atom. The van der Waals surface area contributed by atoms with Gasteiger partial charge in [0.05, 0.1) is 17.8 Å². The molecular weight excluding hydrogens is 280 g/mol. The van der Waals surface area contributed by atoms with E-state index in [0.29, 0.717) is 5.56 Å². The molecule has 0 bridgehead atoms. The number of benzene rings is 1. The highest BCUT2D eigenvalue weighted by Crippen LogP contribution is 2.15. The summed E-state index contributed by atoms with van der Waals surface area (Å²) in [5.41, 5.74) is 1.27. The smallest absolute Gasteiger partial charge is 0.335 e. The van der Waals surface area contributed by atoms with Gasteiger partial charge in [-0.05, 0) is 57.1 Å². The van der Waals surface area contributed by atoms with Gasteiger partial charge in [0, 0.05) is 0 Å². The first-order valence-corrected chi connectivity index (χ1v) is 8.18. The maximum Gasteiger partial charge on any atom is 0.335 e. The summed E-state index contributed by atoms with van der Waals surface area (Å²) in [5, 5.41) is 28.1. The summed E-state index contributed by atoms with van der Waals surface area (Å²) >= 11 is 0. The third-order valence-corrected chi connectivity index (χ3v) is 3.89. The van der Waals surface area contributed by atoms with E-state index >= 15 is 0 Å². The lowest BCUT2D eigenvalue weighted by Gasteiger charge is -2.11. The number of hydrogen-bond acceptors (Lipinski definition) is 3. The minimum atomic E-state index is -0.871. The Bertz CT molecular complexity index is 442. The minimum absolute atomic E-state index is 0.287. The van der Waals surface area contributed by atoms with Crippen LogP contribution in [0.4, 0.5) is 0 Å². The van der Waals surface area contributed by atoms with Crippen molar-refractivity contribution in [3.63, 3.8) is 0 Å². The van der Waals surface area contributed by atoms with E-state index in [2.05, 4.69) is 0 Å². The predicted octanol–water partition coefficient (Wildman–Crippen LogP) is 3.40. The molecule has 124 valence electrons. The van der Waals surface area contributed by atoms with Crippen molar-refractivity contribution < 1.29 is 20.1 Å². The van der Waals surface area contributed by atoms with E-state index in [0.717, 1.165) is 56.9 Å². The van der Waals surface area contributed by atoms with E-state index in [1.807, 2.05) is 12.1 Å². The number of rotatable bonds is 11. The lowest BCUT2D eigenvalue weighted by molar-refractivity contribution is 0.0695. The van der Waals surface area contributed by atoms with Crippen LogP contribution in [0, 0.1) is 0 Å². The fourth-order valence-corrected chi connectivity index (χ4v) is 2.61. The highest BCUT2D eigenvalue weighted by Gasteiger charge is 2.09. The standard InChI is InChI=1S/C18H28O4/c1-14(19)8-7-12-16(20)11-4-2-3-9-15-10-5-6-13-17(15)18(21)22/h5-6,10,13-14,16,19-20H,2-4,7-9,11-12H2,1H3,(H,21,22). The van der Waals surface area contributed by atoms with Gasteiger partial charge in [-0.15, -0.1) is 0 Å². The fraction of sp³-hybridized carbons (Fsp3) is 0.611. The molecule has 0 saturated heterocycles. The monoisotopic (exact) mass is 308 g/mol. The van der Waals surface area contributed by atoms with Crippen LogP contribution in [0.15, 0.2) is 24.3 Å². The largest absolute Gasteiger partial charge is 0.478 e. The molecule has 2 unspecified atom stereocenters. The molecule has 0 aliphatic heterocycles. The first-order chi connectivity index (χ1) is 10.5. The van der Waals surface area contributed by atoms with Crippen LogP contribution in [0.2, 0.25) is 0 Å². The van der Waals surface area contributed by atoms with Gasteiger partial charge in [0.1, 0.15) is 0 Å². The average Bonchev–Trinajstić information content (AvgIpc) is 2.46. The number of carbonyl (C=O) groups is 1. The molecule has 0 fully saturated rings. The number of carboxylic acid groups (broad SMARTS) is 1. The number of carboxylic acids is 1. The maximum absolute atomic E-state index is 11.1. The Hall–Kier alpha value is -1.39. The summed E-state index contributed by atoms with van der Waals surface area (Å²) in [7, 11) is 0. The molecule has 22 heavy (non-hydrogen) atoms. The molecule has 0 aliphatic rings. The topological polar surface area (TPSA) is 77.8 Å². The van der Waals surface area contributed by atoms with Crippen molar-refractivity contribution >= 4 is 5.97 Å². The lowest BCUT2D eigenvalue weighted by Crippen LogP contribution is -2.08. The molecule has 0 radical (unpaired) electrons. The zero-order chi connectivity index (χ0) is 16.4. The highest BCUT2D eigenvalue weighted by atomic mass is 16.4. The minimum Gasteiger partial charge on any atom is -0.478 e. The second-order valence-electron chi connectivity index (χ2n) is 6.00. The van der Waals surface area contributed by atoms with Gasteiger partial charge >= 0.3 is 5.97 Å². The van der Waals surface area contributed by atoms with Crippen LogP contribution in [0.25, 0.3) is 0 Å². The third kappa shape index (κ3) is 7.57. The van der Waals surface area contributed by atoms with Crippen molar-refractivity contribution in [3.05, 3.63) is 35.4 Å². The van der Waals surface area contributed by atoms with Crippen LogP contribution in [0.5, 0.6) is 0 Å². The summed E-state index contributed by atoms with van der Waals surface area (Å²) in [5.74, 6) is -0.871. The van der Waals surface area contributed by atoms with Gasteiger partial charge in [0.2, 0.25) is 0 Å². The van der Waals surface area contributed by atoms with E-state index in [1.54, 1.807) is 19.1 Å². The number of aliphatic hydroxyl groups excluding tert-OH is 2. The summed E-state index contributed by atoms with van der Waals surface area (Å²) in [6, 6.07) is 7.13. The number of aromatic carboxylic acids is 1. The Morgan fingerprint density at radius 1 is 1.00 bits per heavy atom. The number of aliphatic hydroxyl groups is 2. The van der Waals surface area contributed by atoms with Crippen LogP contribution in [-0.2, 0) is 6.42 Å². The van der Waals surface area contributed by atoms with Gasteiger partial charge in [-0.1, -0.05) is 31.0 Å². The summed E-state index contributed by atoms with van der Waals surface area (Å²) in [4.78, 5) is 11.1. The zero-order valence-electron chi connectivity index (χ0n) is 13.4. The Labute approximate surface area is 132 Å². The molecule has 2 atom stereocenters. The maximum atomic E-state index is 11.1. The number of aryl methyl sites for hydroxylation is 1. The third-order valence-electron chi connectivity index (χ3n) is 3.89. The molecule has 1 aromatic rings. The van der Waals surface area contributed by atoms with E-state index < -0.39 is 5.97 Å². The van der Waals surface area contributed by atoms with E-state index in [4.69, 9.17) is 10.2 Å². The van der Waals surface area contributed by atoms with Crippen molar-refractivity contribution in [3.8, 4) is 0 Å². The molecule has 0 amide bonds. The number of hydrogen-bond donors (Lipinski definition) is 3. The number of unbranched alkanes of at least 4 members (excludes halogenated alkanes) is 2. The first kappa shape index (κ1) is 18.7. The normalized spacial score (nSPS) is 13.8. The molecular formula is C18H28O4. The van der Waals surface area contributed by atoms with E-state index in [9.17, 15) is 9.90 Å². The second-order valence-corrected chi connectivity index (χ2v) is 6.00. The Morgan fingerprint density at radius 2 is 1.68 bits per heavy atom. The van der Waals surface area contributed by atoms with Gasteiger partial charge in [-0.25, -0.2) is 4.79 Å². The van der Waals surface area contributed by atoms with Crippen LogP contribution < -0.4 is 0 Å². The van der Waals surface area contributed by atoms with Gasteiger partial charge in [-0.2, -0.15) is 0 Å². The van der Waals surface area contributed by atoms with Crippen LogP contribution in [0.3, 0.4) is 0 Å². The second kappa shape index (κ2) is 10.4. The lowest BCUT2D eigenvalue weighted by atomic mass is 9.99. The molecule has 0 saturated carbocycles. The first-order valence-electron chi connectivity index (χ1n) is 8.18. The highest BCUT2D eigenvalue weighted by molar-refractivity contribution is 5.89. The molecule has 0 aromatic heterocycles. The molecule has 4 nitrogen and oxygen atoms in total. The predicted molar refractivity (Wildman–Crippen MR) is 87.1 cm³/mol. The molecule has 4 heteroatoms. The molecule has 1 aromatic carbocycles. The van der Waals surface area contributed by atoms with E-state index in [-0.39, 0.29) is 12.2 Å². The molecule has 0 aliphatic carbocycles. The van der Waals surface area contributed by atoms with Crippen LogP contribution in [0.1, 0.15) is 67.8 Å². The van der Waals surface area contributed by atoms with Crippen molar-refractivity contribution in [2.75, 3.05) is 0 Å². The van der Waals surface area contributed by atoms with Gasteiger partial charge in [-0.3, -0.25) is 0 Å². The summed E-state index contributed by atoms with van der Waals surface area (Å²) in [6.07, 6.45) is 6.17. The van der Waals surface area contributed by atoms with Crippen molar-refractivity contribution in [2.24, 2.45) is 0 Å². The molecule has 3 N–H and O–H groups in total. The fourth-order valence-electron chi connectivity index (χ4n) is 2.61. The molecule has 0 heterocycles. The summed E-state index contributed by atoms with van der Waals surface area (Å²) in [6.45, 7) is 1.77. The summed E-state index contributed by atoms with van der Waals surface area (Å²) < 4.78 is 0. The van der Waals surface area contributed by atoms with Gasteiger partial charge < -0.3 is 15.3 Å². The van der Waals surface area contributed by atoms with Crippen LogP contribution in [-0.4, -0.2) is 33.5 Å². The molecule has 0 spiro atoms. The quantitative estimate of drug-likeness (QED) is 0.548. The molecule has 1 rings (SSSR count). The Kier molecular flexibility index (Phi) is 8.78. The van der Waals surface area contributed by atoms with Gasteiger partial charge in [0.15, 0.2) is 0 Å². The average molecular weight is 308 g/mol. The van der Waals surface area contributed by atoms with Crippen LogP contribution >= 0.6 is 0 Å². The van der Waals surface area contributed by atoms with Crippen molar-refractivity contribution in [1.82, 2.24) is 0 Å². The van der Waals surface area contributed by atoms with E-state index in [1.165, 1.54) is 0 Å². The van der Waals surface area contributed by atoms with Crippen molar-refractivity contribution in [2.45, 2.75) is 70.5 Å². The Balaban J connectivity index is 2.17.